The van der Waals surface area contributed by atoms with Crippen LogP contribution >= 0.6 is 22.7 Å². The molecule has 0 aliphatic heterocycles. The molecular weight excluding hydrogens is 264 g/mol. The third-order valence-electron chi connectivity index (χ3n) is 2.49. The Labute approximate surface area is 115 Å². The van der Waals surface area contributed by atoms with Gasteiger partial charge in [-0.05, 0) is 18.8 Å². The largest absolute Gasteiger partial charge is 0.303 e. The molecule has 5 heteroatoms. The molecule has 3 nitrogen and oxygen atoms in total. The van der Waals surface area contributed by atoms with Crippen LogP contribution in [0, 0.1) is 5.92 Å². The van der Waals surface area contributed by atoms with Crippen LogP contribution in [0.15, 0.2) is 11.6 Å². The van der Waals surface area contributed by atoms with E-state index in [1.165, 1.54) is 4.88 Å². The van der Waals surface area contributed by atoms with Gasteiger partial charge >= 0.3 is 0 Å². The van der Waals surface area contributed by atoms with E-state index in [0.29, 0.717) is 12.3 Å². The molecule has 0 saturated heterocycles. The SMILES string of the molecule is CC(C)Cc1sc(-c2nccs2)nc1CCC=O. The molecule has 18 heavy (non-hydrogen) atoms. The van der Waals surface area contributed by atoms with Crippen molar-refractivity contribution in [2.24, 2.45) is 5.92 Å². The first kappa shape index (κ1) is 13.4. The number of carbonyl (C=O) groups is 1. The average Bonchev–Trinajstić information content (AvgIpc) is 2.94. The van der Waals surface area contributed by atoms with E-state index >= 15 is 0 Å². The molecule has 0 fully saturated rings. The average molecular weight is 280 g/mol. The number of hydrogen-bond donors (Lipinski definition) is 0. The molecule has 0 radical (unpaired) electrons. The summed E-state index contributed by atoms with van der Waals surface area (Å²) in [7, 11) is 0. The Kier molecular flexibility index (Phi) is 4.60. The standard InChI is InChI=1S/C13H16N2OS2/c1-9(2)8-11-10(4-3-6-16)15-13(18-11)12-14-5-7-17-12/h5-7,9H,3-4,8H2,1-2H3. The van der Waals surface area contributed by atoms with Crippen molar-refractivity contribution in [2.75, 3.05) is 0 Å². The summed E-state index contributed by atoms with van der Waals surface area (Å²) in [6.45, 7) is 4.40. The fourth-order valence-electron chi connectivity index (χ4n) is 1.73. The zero-order valence-corrected chi connectivity index (χ0v) is 12.2. The molecule has 96 valence electrons. The number of nitrogens with zero attached hydrogens (tertiary/aromatic N) is 2. The van der Waals surface area contributed by atoms with Gasteiger partial charge in [-0.2, -0.15) is 0 Å². The zero-order valence-electron chi connectivity index (χ0n) is 10.5. The molecule has 0 aliphatic carbocycles. The summed E-state index contributed by atoms with van der Waals surface area (Å²) in [5.74, 6) is 0.601. The van der Waals surface area contributed by atoms with Crippen molar-refractivity contribution in [3.05, 3.63) is 22.1 Å². The molecule has 2 aromatic rings. The van der Waals surface area contributed by atoms with Crippen molar-refractivity contribution in [1.82, 2.24) is 9.97 Å². The summed E-state index contributed by atoms with van der Waals surface area (Å²) in [4.78, 5) is 20.8. The first-order valence-corrected chi connectivity index (χ1v) is 7.72. The van der Waals surface area contributed by atoms with E-state index in [1.54, 1.807) is 28.9 Å². The third kappa shape index (κ3) is 3.23. The second kappa shape index (κ2) is 6.20. The highest BCUT2D eigenvalue weighted by atomic mass is 32.1. The topological polar surface area (TPSA) is 42.9 Å². The number of carbonyl (C=O) groups excluding carboxylic acids is 1. The van der Waals surface area contributed by atoms with Gasteiger partial charge in [0.05, 0.1) is 5.69 Å². The van der Waals surface area contributed by atoms with Crippen molar-refractivity contribution in [3.8, 4) is 10.0 Å². The van der Waals surface area contributed by atoms with Crippen LogP contribution in [0.3, 0.4) is 0 Å². The molecule has 0 bridgehead atoms. The van der Waals surface area contributed by atoms with E-state index in [0.717, 1.165) is 34.8 Å². The van der Waals surface area contributed by atoms with Gasteiger partial charge in [0.15, 0.2) is 10.0 Å². The quantitative estimate of drug-likeness (QED) is 0.759. The molecule has 0 spiro atoms. The second-order valence-electron chi connectivity index (χ2n) is 4.53. The van der Waals surface area contributed by atoms with Gasteiger partial charge in [-0.1, -0.05) is 13.8 Å². The number of aldehydes is 1. The van der Waals surface area contributed by atoms with E-state index in [2.05, 4.69) is 23.8 Å². The minimum atomic E-state index is 0.548. The van der Waals surface area contributed by atoms with Crippen LogP contribution in [0.5, 0.6) is 0 Å². The summed E-state index contributed by atoms with van der Waals surface area (Å²) in [6.07, 6.45) is 5.08. The first-order valence-electron chi connectivity index (χ1n) is 6.02. The predicted molar refractivity (Wildman–Crippen MR) is 76.1 cm³/mol. The van der Waals surface area contributed by atoms with Crippen LogP contribution in [-0.2, 0) is 17.6 Å². The maximum absolute atomic E-state index is 10.5. The Morgan fingerprint density at radius 3 is 2.83 bits per heavy atom. The number of aromatic nitrogens is 2. The highest BCUT2D eigenvalue weighted by molar-refractivity contribution is 7.20. The van der Waals surface area contributed by atoms with Crippen molar-refractivity contribution >= 4 is 29.0 Å². The van der Waals surface area contributed by atoms with Gasteiger partial charge < -0.3 is 4.79 Å². The van der Waals surface area contributed by atoms with Gasteiger partial charge in [0, 0.05) is 22.9 Å². The van der Waals surface area contributed by atoms with Crippen molar-refractivity contribution in [2.45, 2.75) is 33.1 Å². The molecule has 2 rings (SSSR count). The van der Waals surface area contributed by atoms with E-state index in [4.69, 9.17) is 0 Å². The van der Waals surface area contributed by atoms with Crippen LogP contribution in [0.25, 0.3) is 10.0 Å². The molecule has 0 atom stereocenters. The highest BCUT2D eigenvalue weighted by Gasteiger charge is 2.14. The third-order valence-corrected chi connectivity index (χ3v) is 4.52. The molecule has 0 aliphatic rings. The van der Waals surface area contributed by atoms with E-state index < -0.39 is 0 Å². The molecule has 0 N–H and O–H groups in total. The van der Waals surface area contributed by atoms with Crippen molar-refractivity contribution in [1.29, 1.82) is 0 Å². The van der Waals surface area contributed by atoms with Crippen LogP contribution < -0.4 is 0 Å². The molecule has 2 heterocycles. The summed E-state index contributed by atoms with van der Waals surface area (Å²) in [6, 6.07) is 0. The maximum atomic E-state index is 10.5. The Morgan fingerprint density at radius 1 is 1.39 bits per heavy atom. The lowest BCUT2D eigenvalue weighted by molar-refractivity contribution is -0.107. The second-order valence-corrected chi connectivity index (χ2v) is 6.51. The normalized spacial score (nSPS) is 11.1. The lowest BCUT2D eigenvalue weighted by Crippen LogP contribution is -1.97. The Balaban J connectivity index is 2.27. The molecule has 2 aromatic heterocycles. The molecule has 0 aromatic carbocycles. The maximum Gasteiger partial charge on any atom is 0.152 e. The van der Waals surface area contributed by atoms with Crippen LogP contribution in [0.1, 0.15) is 30.8 Å². The fraction of sp³-hybridized carbons (Fsp3) is 0.462. The lowest BCUT2D eigenvalue weighted by Gasteiger charge is -2.03. The number of aryl methyl sites for hydroxylation is 1. The van der Waals surface area contributed by atoms with Gasteiger partial charge in [0.1, 0.15) is 6.29 Å². The zero-order chi connectivity index (χ0) is 13.0. The number of hydrogen-bond acceptors (Lipinski definition) is 5. The molecule has 0 saturated carbocycles. The Morgan fingerprint density at radius 2 is 2.22 bits per heavy atom. The van der Waals surface area contributed by atoms with Gasteiger partial charge in [0.2, 0.25) is 0 Å². The molecule has 0 unspecified atom stereocenters. The van der Waals surface area contributed by atoms with E-state index in [9.17, 15) is 4.79 Å². The molecular formula is C13H16N2OS2. The van der Waals surface area contributed by atoms with Crippen LogP contribution in [0.4, 0.5) is 0 Å². The summed E-state index contributed by atoms with van der Waals surface area (Å²) < 4.78 is 0. The Hall–Kier alpha value is -1.07. The highest BCUT2D eigenvalue weighted by Crippen LogP contribution is 2.31. The van der Waals surface area contributed by atoms with Crippen molar-refractivity contribution in [3.63, 3.8) is 0 Å². The van der Waals surface area contributed by atoms with Gasteiger partial charge in [0.25, 0.3) is 0 Å². The minimum Gasteiger partial charge on any atom is -0.303 e. The van der Waals surface area contributed by atoms with E-state index in [1.807, 2.05) is 5.38 Å². The van der Waals surface area contributed by atoms with Crippen molar-refractivity contribution < 1.29 is 4.79 Å². The Bertz CT molecular complexity index is 503. The summed E-state index contributed by atoms with van der Waals surface area (Å²) >= 11 is 3.32. The molecule has 0 amide bonds. The fourth-order valence-corrected chi connectivity index (χ4v) is 3.72. The smallest absolute Gasteiger partial charge is 0.152 e. The monoisotopic (exact) mass is 280 g/mol. The number of thiazole rings is 2. The van der Waals surface area contributed by atoms with Gasteiger partial charge in [-0.3, -0.25) is 0 Å². The van der Waals surface area contributed by atoms with Crippen LogP contribution in [0.2, 0.25) is 0 Å². The van der Waals surface area contributed by atoms with E-state index in [-0.39, 0.29) is 0 Å². The van der Waals surface area contributed by atoms with Gasteiger partial charge in [-0.25, -0.2) is 9.97 Å². The lowest BCUT2D eigenvalue weighted by atomic mass is 10.1. The first-order chi connectivity index (χ1) is 8.70. The summed E-state index contributed by atoms with van der Waals surface area (Å²) in [5.41, 5.74) is 1.08. The number of rotatable bonds is 6. The summed E-state index contributed by atoms with van der Waals surface area (Å²) in [5, 5.41) is 3.92. The van der Waals surface area contributed by atoms with Gasteiger partial charge in [-0.15, -0.1) is 22.7 Å². The minimum absolute atomic E-state index is 0.548. The predicted octanol–water partition coefficient (Wildman–Crippen LogP) is 3.60. The van der Waals surface area contributed by atoms with Crippen LogP contribution in [-0.4, -0.2) is 16.3 Å².